The first-order valence-corrected chi connectivity index (χ1v) is 7.01. The Morgan fingerprint density at radius 1 is 1.22 bits per heavy atom. The first-order chi connectivity index (χ1) is 8.58. The quantitative estimate of drug-likeness (QED) is 0.656. The topological polar surface area (TPSA) is 0 Å². The van der Waals surface area contributed by atoms with Crippen LogP contribution in [-0.4, -0.2) is 0 Å². The van der Waals surface area contributed by atoms with E-state index in [0.29, 0.717) is 0 Å². The standard InChI is InChI=1S/C15H13BrClF/c1-10-4-2-3-5-11(10)8-13(16)12-6-7-14(17)15(18)9-12/h2-7,9,13H,8H2,1H3. The summed E-state index contributed by atoms with van der Waals surface area (Å²) in [6, 6.07) is 13.1. The van der Waals surface area contributed by atoms with Crippen LogP contribution in [0, 0.1) is 12.7 Å². The number of aryl methyl sites for hydroxylation is 1. The van der Waals surface area contributed by atoms with Crippen LogP contribution in [-0.2, 0) is 6.42 Å². The van der Waals surface area contributed by atoms with E-state index >= 15 is 0 Å². The molecule has 0 bridgehead atoms. The van der Waals surface area contributed by atoms with Crippen LogP contribution in [0.5, 0.6) is 0 Å². The second kappa shape index (κ2) is 5.85. The maximum Gasteiger partial charge on any atom is 0.142 e. The zero-order valence-electron chi connectivity index (χ0n) is 9.96. The van der Waals surface area contributed by atoms with Gasteiger partial charge >= 0.3 is 0 Å². The van der Waals surface area contributed by atoms with Crippen LogP contribution in [0.25, 0.3) is 0 Å². The largest absolute Gasteiger partial charge is 0.205 e. The molecule has 0 saturated carbocycles. The molecule has 0 aromatic heterocycles. The molecule has 2 rings (SSSR count). The number of benzene rings is 2. The highest BCUT2D eigenvalue weighted by atomic mass is 79.9. The molecule has 2 aromatic carbocycles. The fraction of sp³-hybridized carbons (Fsp3) is 0.200. The summed E-state index contributed by atoms with van der Waals surface area (Å²) < 4.78 is 13.4. The minimum absolute atomic E-state index is 0.0883. The van der Waals surface area contributed by atoms with Gasteiger partial charge in [0.2, 0.25) is 0 Å². The molecule has 0 aliphatic rings. The van der Waals surface area contributed by atoms with E-state index in [1.165, 1.54) is 17.2 Å². The Labute approximate surface area is 120 Å². The zero-order valence-corrected chi connectivity index (χ0v) is 12.3. The predicted molar refractivity (Wildman–Crippen MR) is 78.0 cm³/mol. The van der Waals surface area contributed by atoms with Crippen molar-refractivity contribution in [2.24, 2.45) is 0 Å². The zero-order chi connectivity index (χ0) is 13.1. The molecule has 0 N–H and O–H groups in total. The molecule has 0 amide bonds. The molecular formula is C15H13BrClF. The van der Waals surface area contributed by atoms with E-state index in [4.69, 9.17) is 11.6 Å². The van der Waals surface area contributed by atoms with Crippen LogP contribution < -0.4 is 0 Å². The Bertz CT molecular complexity index is 554. The van der Waals surface area contributed by atoms with E-state index in [1.807, 2.05) is 18.2 Å². The molecule has 0 nitrogen and oxygen atoms in total. The van der Waals surface area contributed by atoms with E-state index in [1.54, 1.807) is 6.07 Å². The molecule has 0 radical (unpaired) electrons. The van der Waals surface area contributed by atoms with Gasteiger partial charge in [-0.2, -0.15) is 0 Å². The highest BCUT2D eigenvalue weighted by Crippen LogP contribution is 2.30. The SMILES string of the molecule is Cc1ccccc1CC(Br)c1ccc(Cl)c(F)c1. The summed E-state index contributed by atoms with van der Waals surface area (Å²) in [5.41, 5.74) is 3.41. The Morgan fingerprint density at radius 2 is 1.94 bits per heavy atom. The van der Waals surface area contributed by atoms with Crippen molar-refractivity contribution >= 4 is 27.5 Å². The normalized spacial score (nSPS) is 12.4. The van der Waals surface area contributed by atoms with E-state index in [9.17, 15) is 4.39 Å². The Kier molecular flexibility index (Phi) is 4.41. The molecule has 2 aromatic rings. The second-order valence-corrected chi connectivity index (χ2v) is 5.78. The minimum atomic E-state index is -0.372. The van der Waals surface area contributed by atoms with Crippen molar-refractivity contribution in [1.82, 2.24) is 0 Å². The lowest BCUT2D eigenvalue weighted by Gasteiger charge is -2.12. The monoisotopic (exact) mass is 326 g/mol. The molecule has 3 heteroatoms. The summed E-state index contributed by atoms with van der Waals surface area (Å²) in [7, 11) is 0. The maximum atomic E-state index is 13.4. The van der Waals surface area contributed by atoms with Crippen LogP contribution >= 0.6 is 27.5 Å². The van der Waals surface area contributed by atoms with Crippen LogP contribution in [0.2, 0.25) is 5.02 Å². The van der Waals surface area contributed by atoms with Crippen molar-refractivity contribution in [3.05, 3.63) is 70.0 Å². The first-order valence-electron chi connectivity index (χ1n) is 5.71. The van der Waals surface area contributed by atoms with Gasteiger partial charge in [0, 0.05) is 4.83 Å². The lowest BCUT2D eigenvalue weighted by Crippen LogP contribution is -1.98. The van der Waals surface area contributed by atoms with Gasteiger partial charge in [0.25, 0.3) is 0 Å². The van der Waals surface area contributed by atoms with E-state index < -0.39 is 0 Å². The summed E-state index contributed by atoms with van der Waals surface area (Å²) in [6.45, 7) is 2.08. The molecule has 1 unspecified atom stereocenters. The predicted octanol–water partition coefficient (Wildman–Crippen LogP) is 5.47. The second-order valence-electron chi connectivity index (χ2n) is 4.27. The van der Waals surface area contributed by atoms with Gasteiger partial charge in [-0.05, 0) is 42.2 Å². The highest BCUT2D eigenvalue weighted by molar-refractivity contribution is 9.09. The Hall–Kier alpha value is -0.860. The van der Waals surface area contributed by atoms with Crippen LogP contribution in [0.4, 0.5) is 4.39 Å². The van der Waals surface area contributed by atoms with Gasteiger partial charge in [-0.1, -0.05) is 57.9 Å². The van der Waals surface area contributed by atoms with Gasteiger partial charge in [-0.25, -0.2) is 4.39 Å². The van der Waals surface area contributed by atoms with Gasteiger partial charge in [0.1, 0.15) is 5.82 Å². The molecular weight excluding hydrogens is 315 g/mol. The van der Waals surface area contributed by atoms with Crippen LogP contribution in [0.3, 0.4) is 0 Å². The fourth-order valence-corrected chi connectivity index (χ4v) is 2.61. The van der Waals surface area contributed by atoms with Crippen molar-refractivity contribution in [2.45, 2.75) is 18.2 Å². The molecule has 1 atom stereocenters. The molecule has 18 heavy (non-hydrogen) atoms. The first kappa shape index (κ1) is 13.6. The molecule has 0 spiro atoms. The average Bonchev–Trinajstić information content (AvgIpc) is 2.35. The van der Waals surface area contributed by atoms with E-state index in [0.717, 1.165) is 12.0 Å². The van der Waals surface area contributed by atoms with Crippen molar-refractivity contribution in [2.75, 3.05) is 0 Å². The maximum absolute atomic E-state index is 13.4. The summed E-state index contributed by atoms with van der Waals surface area (Å²) in [5, 5.41) is 0.161. The van der Waals surface area contributed by atoms with E-state index in [2.05, 4.69) is 35.0 Å². The van der Waals surface area contributed by atoms with Crippen LogP contribution in [0.15, 0.2) is 42.5 Å². The Balaban J connectivity index is 2.19. The summed E-state index contributed by atoms with van der Waals surface area (Å²) in [6.07, 6.45) is 0.827. The number of alkyl halides is 1. The van der Waals surface area contributed by atoms with Crippen molar-refractivity contribution in [3.8, 4) is 0 Å². The third kappa shape index (κ3) is 3.12. The van der Waals surface area contributed by atoms with Crippen molar-refractivity contribution in [1.29, 1.82) is 0 Å². The van der Waals surface area contributed by atoms with Crippen LogP contribution in [0.1, 0.15) is 21.5 Å². The number of halogens is 3. The lowest BCUT2D eigenvalue weighted by atomic mass is 10.0. The highest BCUT2D eigenvalue weighted by Gasteiger charge is 2.11. The number of rotatable bonds is 3. The molecule has 0 aliphatic carbocycles. The van der Waals surface area contributed by atoms with Gasteiger partial charge < -0.3 is 0 Å². The molecule has 0 aliphatic heterocycles. The third-order valence-corrected chi connectivity index (χ3v) is 4.12. The molecule has 0 saturated heterocycles. The lowest BCUT2D eigenvalue weighted by molar-refractivity contribution is 0.625. The number of hydrogen-bond donors (Lipinski definition) is 0. The van der Waals surface area contributed by atoms with Gasteiger partial charge in [0.15, 0.2) is 0 Å². The summed E-state index contributed by atoms with van der Waals surface area (Å²) in [5.74, 6) is -0.372. The van der Waals surface area contributed by atoms with Crippen molar-refractivity contribution in [3.63, 3.8) is 0 Å². The molecule has 94 valence electrons. The van der Waals surface area contributed by atoms with Gasteiger partial charge in [0.05, 0.1) is 5.02 Å². The van der Waals surface area contributed by atoms with E-state index in [-0.39, 0.29) is 15.7 Å². The minimum Gasteiger partial charge on any atom is -0.205 e. The Morgan fingerprint density at radius 3 is 2.61 bits per heavy atom. The third-order valence-electron chi connectivity index (χ3n) is 2.97. The molecule has 0 heterocycles. The van der Waals surface area contributed by atoms with Crippen molar-refractivity contribution < 1.29 is 4.39 Å². The van der Waals surface area contributed by atoms with Gasteiger partial charge in [-0.15, -0.1) is 0 Å². The average molecular weight is 328 g/mol. The smallest absolute Gasteiger partial charge is 0.142 e. The fourth-order valence-electron chi connectivity index (χ4n) is 1.86. The molecule has 0 fully saturated rings. The summed E-state index contributed by atoms with van der Waals surface area (Å²) >= 11 is 9.29. The number of hydrogen-bond acceptors (Lipinski definition) is 0. The van der Waals surface area contributed by atoms with Gasteiger partial charge in [-0.3, -0.25) is 0 Å². The summed E-state index contributed by atoms with van der Waals surface area (Å²) in [4.78, 5) is 0.0883.